The molecule has 1 atom stereocenters. The van der Waals surface area contributed by atoms with Crippen LogP contribution in [0.15, 0.2) is 177 Å². The van der Waals surface area contributed by atoms with E-state index in [4.69, 9.17) is 18.8 Å². The van der Waals surface area contributed by atoms with Crippen molar-refractivity contribution in [1.82, 2.24) is 9.88 Å². The molecule has 6 heteroatoms. The number of aliphatic imine (C=N–C) groups is 2. The summed E-state index contributed by atoms with van der Waals surface area (Å²) >= 11 is 0. The van der Waals surface area contributed by atoms with Crippen molar-refractivity contribution in [2.24, 2.45) is 9.98 Å². The molecule has 6 nitrogen and oxygen atoms in total. The minimum atomic E-state index is -0.274. The molecule has 1 N–H and O–H groups in total. The molecule has 0 fully saturated rings. The Kier molecular flexibility index (Phi) is 5.92. The maximum absolute atomic E-state index is 6.67. The number of nitrogens with one attached hydrogen (secondary N) is 1. The number of nitrogens with zero attached hydrogens (tertiary/aromatic N) is 3. The van der Waals surface area contributed by atoms with Gasteiger partial charge < -0.3 is 18.7 Å². The van der Waals surface area contributed by atoms with Crippen LogP contribution in [0.25, 0.3) is 71.4 Å². The molecule has 0 saturated carbocycles. The highest BCUT2D eigenvalue weighted by Crippen LogP contribution is 2.42. The summed E-state index contributed by atoms with van der Waals surface area (Å²) in [5, 5.41) is 10.0. The van der Waals surface area contributed by atoms with Gasteiger partial charge in [-0.15, -0.1) is 0 Å². The van der Waals surface area contributed by atoms with Crippen molar-refractivity contribution >= 4 is 77.4 Å². The number of amidine groups is 2. The van der Waals surface area contributed by atoms with E-state index in [9.17, 15) is 0 Å². The molecule has 0 bridgehead atoms. The van der Waals surface area contributed by atoms with Gasteiger partial charge in [0.25, 0.3) is 0 Å². The van der Waals surface area contributed by atoms with Gasteiger partial charge in [0, 0.05) is 38.1 Å². The second kappa shape index (κ2) is 10.8. The molecule has 0 saturated heterocycles. The second-order valence-electron chi connectivity index (χ2n) is 13.0. The molecule has 0 aliphatic carbocycles. The van der Waals surface area contributed by atoms with Gasteiger partial charge >= 0.3 is 0 Å². The molecule has 1 aliphatic heterocycles. The zero-order chi connectivity index (χ0) is 33.5. The lowest BCUT2D eigenvalue weighted by molar-refractivity contribution is 0.633. The van der Waals surface area contributed by atoms with E-state index in [-0.39, 0.29) is 6.17 Å². The molecular weight excluding hydrogens is 629 g/mol. The van der Waals surface area contributed by atoms with Crippen LogP contribution in [0, 0.1) is 0 Å². The Morgan fingerprint density at radius 3 is 1.96 bits per heavy atom. The van der Waals surface area contributed by atoms with E-state index in [2.05, 4.69) is 113 Å². The molecule has 0 amide bonds. The lowest BCUT2D eigenvalue weighted by atomic mass is 10.0. The number of rotatable bonds is 4. The summed E-state index contributed by atoms with van der Waals surface area (Å²) in [7, 11) is 0. The molecule has 51 heavy (non-hydrogen) atoms. The summed E-state index contributed by atoms with van der Waals surface area (Å²) in [6.07, 6.45) is -0.274. The Bertz CT molecular complexity index is 3000. The van der Waals surface area contributed by atoms with Gasteiger partial charge in [-0.3, -0.25) is 0 Å². The fraction of sp³-hybridized carbons (Fsp3) is 0.0222. The maximum atomic E-state index is 6.67. The molecule has 1 unspecified atom stereocenters. The Morgan fingerprint density at radius 1 is 0.510 bits per heavy atom. The van der Waals surface area contributed by atoms with Gasteiger partial charge in [0.2, 0.25) is 0 Å². The van der Waals surface area contributed by atoms with Crippen molar-refractivity contribution in [1.29, 1.82) is 0 Å². The number of para-hydroxylation sites is 2. The molecule has 4 heterocycles. The van der Waals surface area contributed by atoms with Gasteiger partial charge in [-0.05, 0) is 60.2 Å². The maximum Gasteiger partial charge on any atom is 0.178 e. The molecule has 11 rings (SSSR count). The first-order valence-electron chi connectivity index (χ1n) is 17.1. The van der Waals surface area contributed by atoms with Crippen LogP contribution >= 0.6 is 0 Å². The Hall–Kier alpha value is -6.92. The molecule has 0 spiro atoms. The fourth-order valence-corrected chi connectivity index (χ4v) is 7.73. The highest BCUT2D eigenvalue weighted by atomic mass is 16.4. The predicted molar refractivity (Wildman–Crippen MR) is 207 cm³/mol. The monoisotopic (exact) mass is 656 g/mol. The van der Waals surface area contributed by atoms with Gasteiger partial charge in [-0.1, -0.05) is 103 Å². The standard InChI is InChI=1S/C45H28N4O2/c1-3-12-27(13-4-1)43-46-44(28-14-5-2-6-15-28)48-45(47-43)29-22-25-38-34(26-29)32-23-24-33-40-37(20-11-21-39(40)51-42(33)41(32)50-38)49-35-18-9-7-16-30(35)31-17-8-10-19-36(31)49/h1-26,43H,(H,46,47,48). The van der Waals surface area contributed by atoms with Crippen molar-refractivity contribution in [3.8, 4) is 5.69 Å². The molecule has 0 radical (unpaired) electrons. The van der Waals surface area contributed by atoms with Gasteiger partial charge in [-0.2, -0.15) is 0 Å². The van der Waals surface area contributed by atoms with Crippen LogP contribution in [0.2, 0.25) is 0 Å². The van der Waals surface area contributed by atoms with E-state index >= 15 is 0 Å². The van der Waals surface area contributed by atoms with Gasteiger partial charge in [0.05, 0.1) is 22.1 Å². The predicted octanol–water partition coefficient (Wildman–Crippen LogP) is 11.1. The third-order valence-corrected chi connectivity index (χ3v) is 10.1. The van der Waals surface area contributed by atoms with Gasteiger partial charge in [0.15, 0.2) is 17.0 Å². The fourth-order valence-electron chi connectivity index (χ4n) is 7.73. The largest absolute Gasteiger partial charge is 0.452 e. The second-order valence-corrected chi connectivity index (χ2v) is 13.0. The molecule has 1 aliphatic rings. The van der Waals surface area contributed by atoms with E-state index in [0.29, 0.717) is 5.84 Å². The third kappa shape index (κ3) is 4.23. The van der Waals surface area contributed by atoms with Crippen molar-refractivity contribution < 1.29 is 8.83 Å². The summed E-state index contributed by atoms with van der Waals surface area (Å²) in [6.45, 7) is 0. The summed E-state index contributed by atoms with van der Waals surface area (Å²) in [4.78, 5) is 10.1. The number of aromatic nitrogens is 1. The number of hydrogen-bond donors (Lipinski definition) is 1. The van der Waals surface area contributed by atoms with Crippen molar-refractivity contribution in [2.75, 3.05) is 0 Å². The first-order valence-corrected chi connectivity index (χ1v) is 17.1. The molecule has 240 valence electrons. The van der Waals surface area contributed by atoms with Crippen molar-refractivity contribution in [3.63, 3.8) is 0 Å². The lowest BCUT2D eigenvalue weighted by Gasteiger charge is -2.23. The van der Waals surface area contributed by atoms with Crippen LogP contribution in [-0.2, 0) is 0 Å². The summed E-state index contributed by atoms with van der Waals surface area (Å²) in [5.74, 6) is 1.45. The summed E-state index contributed by atoms with van der Waals surface area (Å²) in [6, 6.07) is 54.4. The van der Waals surface area contributed by atoms with Crippen molar-refractivity contribution in [3.05, 3.63) is 174 Å². The average Bonchev–Trinajstić information content (AvgIpc) is 3.88. The minimum absolute atomic E-state index is 0.274. The van der Waals surface area contributed by atoms with E-state index in [0.717, 1.165) is 83.1 Å². The Balaban J connectivity index is 1.09. The highest BCUT2D eigenvalue weighted by molar-refractivity contribution is 6.22. The van der Waals surface area contributed by atoms with Gasteiger partial charge in [0.1, 0.15) is 23.2 Å². The molecule has 10 aromatic rings. The number of hydrogen-bond acceptors (Lipinski definition) is 5. The Labute approximate surface area is 291 Å². The Morgan fingerprint density at radius 2 is 1.18 bits per heavy atom. The van der Waals surface area contributed by atoms with Crippen LogP contribution in [0.1, 0.15) is 22.9 Å². The summed E-state index contributed by atoms with van der Waals surface area (Å²) in [5.41, 5.74) is 9.45. The zero-order valence-electron chi connectivity index (χ0n) is 27.2. The van der Waals surface area contributed by atoms with Crippen LogP contribution in [0.5, 0.6) is 0 Å². The van der Waals surface area contributed by atoms with Gasteiger partial charge in [-0.25, -0.2) is 9.98 Å². The van der Waals surface area contributed by atoms with E-state index in [1.807, 2.05) is 54.6 Å². The smallest absolute Gasteiger partial charge is 0.178 e. The summed E-state index contributed by atoms with van der Waals surface area (Å²) < 4.78 is 15.6. The zero-order valence-corrected chi connectivity index (χ0v) is 27.2. The number of fused-ring (bicyclic) bond motifs is 10. The molecule has 3 aromatic heterocycles. The van der Waals surface area contributed by atoms with Crippen molar-refractivity contribution in [2.45, 2.75) is 6.17 Å². The van der Waals surface area contributed by atoms with Crippen LogP contribution < -0.4 is 5.32 Å². The number of benzene rings is 7. The average molecular weight is 657 g/mol. The first-order chi connectivity index (χ1) is 25.3. The van der Waals surface area contributed by atoms with Crippen LogP contribution in [0.3, 0.4) is 0 Å². The van der Waals surface area contributed by atoms with E-state index in [1.54, 1.807) is 0 Å². The highest BCUT2D eigenvalue weighted by Gasteiger charge is 2.23. The minimum Gasteiger partial charge on any atom is -0.452 e. The SMILES string of the molecule is c1ccc(C2=NC(c3ccc4oc5c(ccc6c5oc5cccc(-n7c8ccccc8c8ccccc87)c56)c4c3)=NC(c3ccccc3)N2)cc1. The van der Waals surface area contributed by atoms with Crippen LogP contribution in [-0.4, -0.2) is 16.2 Å². The number of furan rings is 2. The first kappa shape index (κ1) is 28.0. The van der Waals surface area contributed by atoms with E-state index < -0.39 is 0 Å². The normalized spacial score (nSPS) is 14.9. The lowest BCUT2D eigenvalue weighted by Crippen LogP contribution is -2.33. The van der Waals surface area contributed by atoms with E-state index in [1.165, 1.54) is 10.8 Å². The molecule has 7 aromatic carbocycles. The third-order valence-electron chi connectivity index (χ3n) is 10.1. The topological polar surface area (TPSA) is 68.0 Å². The molecular formula is C45H28N4O2. The van der Waals surface area contributed by atoms with Crippen LogP contribution in [0.4, 0.5) is 0 Å². The quantitative estimate of drug-likeness (QED) is 0.205.